The molecule has 3 aromatic rings. The highest BCUT2D eigenvalue weighted by molar-refractivity contribution is 6.34. The predicted molar refractivity (Wildman–Crippen MR) is 102 cm³/mol. The van der Waals surface area contributed by atoms with Gasteiger partial charge in [-0.3, -0.25) is 4.79 Å². The van der Waals surface area contributed by atoms with Gasteiger partial charge in [-0.2, -0.15) is 0 Å². The lowest BCUT2D eigenvalue weighted by atomic mass is 10.2. The van der Waals surface area contributed by atoms with Gasteiger partial charge in [0.1, 0.15) is 30.0 Å². The lowest BCUT2D eigenvalue weighted by Gasteiger charge is -2.29. The van der Waals surface area contributed by atoms with Crippen LogP contribution >= 0.6 is 23.2 Å². The topological polar surface area (TPSA) is 64.5 Å². The number of hydrogen-bond acceptors (Lipinski definition) is 5. The van der Waals surface area contributed by atoms with Crippen molar-refractivity contribution >= 4 is 34.8 Å². The molecule has 0 atom stereocenters. The van der Waals surface area contributed by atoms with Crippen molar-refractivity contribution in [2.75, 3.05) is 18.1 Å². The maximum Gasteiger partial charge on any atom is 0.265 e. The van der Waals surface area contributed by atoms with Gasteiger partial charge in [0, 0.05) is 17.3 Å². The summed E-state index contributed by atoms with van der Waals surface area (Å²) in [5, 5.41) is 0.812. The second-order valence-corrected chi connectivity index (χ2v) is 6.53. The van der Waals surface area contributed by atoms with E-state index in [1.807, 2.05) is 24.3 Å². The van der Waals surface area contributed by atoms with Crippen molar-refractivity contribution in [3.63, 3.8) is 0 Å². The van der Waals surface area contributed by atoms with Crippen LogP contribution in [0.4, 0.5) is 5.69 Å². The minimum atomic E-state index is -0.292. The van der Waals surface area contributed by atoms with E-state index >= 15 is 0 Å². The monoisotopic (exact) mass is 401 g/mol. The molecular formula is C19H13Cl2N3O3. The molecule has 0 N–H and O–H groups in total. The van der Waals surface area contributed by atoms with E-state index in [1.54, 1.807) is 23.1 Å². The Morgan fingerprint density at radius 2 is 2.04 bits per heavy atom. The van der Waals surface area contributed by atoms with Gasteiger partial charge in [-0.05, 0) is 24.3 Å². The van der Waals surface area contributed by atoms with Crippen molar-refractivity contribution in [2.45, 2.75) is 0 Å². The van der Waals surface area contributed by atoms with Crippen LogP contribution in [0.2, 0.25) is 10.0 Å². The van der Waals surface area contributed by atoms with Crippen LogP contribution in [-0.2, 0) is 0 Å². The van der Waals surface area contributed by atoms with Crippen LogP contribution in [0.5, 0.6) is 17.4 Å². The van der Waals surface area contributed by atoms with E-state index in [0.29, 0.717) is 40.4 Å². The number of fused-ring (bicyclic) bond motifs is 1. The summed E-state index contributed by atoms with van der Waals surface area (Å²) in [4.78, 5) is 22.9. The summed E-state index contributed by atoms with van der Waals surface area (Å²) in [6.07, 6.45) is 2.72. The molecular weight excluding hydrogens is 389 g/mol. The Hall–Kier alpha value is -2.83. The number of halogens is 2. The van der Waals surface area contributed by atoms with Gasteiger partial charge in [-0.25, -0.2) is 9.97 Å². The molecule has 8 heteroatoms. The molecule has 2 aromatic carbocycles. The first-order chi connectivity index (χ1) is 13.1. The molecule has 0 bridgehead atoms. The van der Waals surface area contributed by atoms with E-state index in [1.165, 1.54) is 12.5 Å². The van der Waals surface area contributed by atoms with Crippen LogP contribution in [0.15, 0.2) is 55.0 Å². The molecule has 27 heavy (non-hydrogen) atoms. The number of hydrogen-bond donors (Lipinski definition) is 0. The number of ether oxygens (including phenoxy) is 2. The third kappa shape index (κ3) is 3.54. The summed E-state index contributed by atoms with van der Waals surface area (Å²) < 4.78 is 11.4. The second kappa shape index (κ2) is 7.42. The number of anilines is 1. The van der Waals surface area contributed by atoms with Gasteiger partial charge in [0.25, 0.3) is 5.91 Å². The Labute approximate surface area is 165 Å². The predicted octanol–water partition coefficient (Wildman–Crippen LogP) is 4.61. The van der Waals surface area contributed by atoms with Gasteiger partial charge in [-0.1, -0.05) is 35.3 Å². The smallest absolute Gasteiger partial charge is 0.265 e. The Kier molecular flexibility index (Phi) is 4.83. The third-order valence-electron chi connectivity index (χ3n) is 3.98. The van der Waals surface area contributed by atoms with Crippen LogP contribution in [0, 0.1) is 0 Å². The summed E-state index contributed by atoms with van der Waals surface area (Å²) in [7, 11) is 0. The number of carbonyl (C=O) groups is 1. The Balaban J connectivity index is 1.69. The molecule has 6 nitrogen and oxygen atoms in total. The molecule has 0 unspecified atom stereocenters. The maximum atomic E-state index is 13.2. The summed E-state index contributed by atoms with van der Waals surface area (Å²) in [5.41, 5.74) is 0.898. The van der Waals surface area contributed by atoms with Crippen LogP contribution < -0.4 is 14.4 Å². The quantitative estimate of drug-likeness (QED) is 0.640. The summed E-state index contributed by atoms with van der Waals surface area (Å²) in [6, 6.07) is 12.2. The van der Waals surface area contributed by atoms with Crippen molar-refractivity contribution in [1.82, 2.24) is 9.97 Å². The van der Waals surface area contributed by atoms with Crippen LogP contribution in [0.25, 0.3) is 0 Å². The molecule has 1 amide bonds. The number of benzene rings is 2. The number of aromatic nitrogens is 2. The first-order valence-corrected chi connectivity index (χ1v) is 8.85. The minimum Gasteiger partial charge on any atom is -0.490 e. The van der Waals surface area contributed by atoms with E-state index in [9.17, 15) is 4.79 Å². The number of nitrogens with zero attached hydrogens (tertiary/aromatic N) is 3. The Bertz CT molecular complexity index is 1010. The van der Waals surface area contributed by atoms with Gasteiger partial charge in [-0.15, -0.1) is 0 Å². The number of rotatable bonds is 3. The highest BCUT2D eigenvalue weighted by Crippen LogP contribution is 2.35. The molecule has 0 fully saturated rings. The lowest BCUT2D eigenvalue weighted by Crippen LogP contribution is -2.38. The number of amides is 1. The first-order valence-electron chi connectivity index (χ1n) is 8.10. The standard InChI is InChI=1S/C19H13Cl2N3O3/c20-12-5-6-14(21)17(9-12)27-18-13(10-22-11-23-18)19(25)24-7-8-26-16-4-2-1-3-15(16)24/h1-6,9-11H,7-8H2. The van der Waals surface area contributed by atoms with Crippen molar-refractivity contribution in [1.29, 1.82) is 0 Å². The average Bonchev–Trinajstić information content (AvgIpc) is 2.70. The van der Waals surface area contributed by atoms with E-state index in [2.05, 4.69) is 9.97 Å². The van der Waals surface area contributed by atoms with E-state index in [0.717, 1.165) is 0 Å². The molecule has 136 valence electrons. The molecule has 0 spiro atoms. The second-order valence-electron chi connectivity index (χ2n) is 5.69. The van der Waals surface area contributed by atoms with Crippen LogP contribution in [-0.4, -0.2) is 29.0 Å². The zero-order chi connectivity index (χ0) is 18.8. The van der Waals surface area contributed by atoms with E-state index in [-0.39, 0.29) is 17.4 Å². The molecule has 0 saturated carbocycles. The van der Waals surface area contributed by atoms with Gasteiger partial charge >= 0.3 is 0 Å². The van der Waals surface area contributed by atoms with E-state index in [4.69, 9.17) is 32.7 Å². The fourth-order valence-corrected chi connectivity index (χ4v) is 3.05. The molecule has 2 heterocycles. The molecule has 0 saturated heterocycles. The largest absolute Gasteiger partial charge is 0.490 e. The Morgan fingerprint density at radius 3 is 2.93 bits per heavy atom. The number of para-hydroxylation sites is 2. The van der Waals surface area contributed by atoms with Gasteiger partial charge < -0.3 is 14.4 Å². The summed E-state index contributed by atoms with van der Waals surface area (Å²) >= 11 is 12.2. The van der Waals surface area contributed by atoms with Crippen molar-refractivity contribution < 1.29 is 14.3 Å². The molecule has 0 radical (unpaired) electrons. The summed E-state index contributed by atoms with van der Waals surface area (Å²) in [5.74, 6) is 0.760. The van der Waals surface area contributed by atoms with Gasteiger partial charge in [0.2, 0.25) is 5.88 Å². The summed E-state index contributed by atoms with van der Waals surface area (Å²) in [6.45, 7) is 0.800. The van der Waals surface area contributed by atoms with Crippen molar-refractivity contribution in [3.05, 3.63) is 70.6 Å². The highest BCUT2D eigenvalue weighted by Gasteiger charge is 2.27. The van der Waals surface area contributed by atoms with Gasteiger partial charge in [0.15, 0.2) is 0 Å². The fraction of sp³-hybridized carbons (Fsp3) is 0.105. The maximum absolute atomic E-state index is 13.2. The molecule has 4 rings (SSSR count). The lowest BCUT2D eigenvalue weighted by molar-refractivity contribution is 0.0973. The molecule has 1 aliphatic heterocycles. The SMILES string of the molecule is O=C(c1cncnc1Oc1cc(Cl)ccc1Cl)N1CCOc2ccccc21. The fourth-order valence-electron chi connectivity index (χ4n) is 2.73. The zero-order valence-corrected chi connectivity index (χ0v) is 15.4. The zero-order valence-electron chi connectivity index (χ0n) is 13.9. The molecule has 1 aromatic heterocycles. The average molecular weight is 402 g/mol. The molecule has 0 aliphatic carbocycles. The normalized spacial score (nSPS) is 12.9. The number of carbonyl (C=O) groups excluding carboxylic acids is 1. The van der Waals surface area contributed by atoms with Crippen LogP contribution in [0.3, 0.4) is 0 Å². The van der Waals surface area contributed by atoms with Crippen LogP contribution in [0.1, 0.15) is 10.4 Å². The van der Waals surface area contributed by atoms with E-state index < -0.39 is 0 Å². The highest BCUT2D eigenvalue weighted by atomic mass is 35.5. The first kappa shape index (κ1) is 17.6. The van der Waals surface area contributed by atoms with Crippen molar-refractivity contribution in [3.8, 4) is 17.4 Å². The molecule has 1 aliphatic rings. The van der Waals surface area contributed by atoms with Gasteiger partial charge in [0.05, 0.1) is 17.3 Å². The van der Waals surface area contributed by atoms with Crippen molar-refractivity contribution in [2.24, 2.45) is 0 Å². The minimum absolute atomic E-state index is 0.100. The third-order valence-corrected chi connectivity index (χ3v) is 4.53. The Morgan fingerprint density at radius 1 is 1.19 bits per heavy atom.